The molecule has 0 radical (unpaired) electrons. The van der Waals surface area contributed by atoms with E-state index in [4.69, 9.17) is 18.7 Å². The Morgan fingerprint density at radius 2 is 2.06 bits per heavy atom. The van der Waals surface area contributed by atoms with E-state index in [1.807, 2.05) is 32.5 Å². The van der Waals surface area contributed by atoms with Crippen LogP contribution in [0.25, 0.3) is 10.6 Å². The van der Waals surface area contributed by atoms with Crippen LogP contribution in [-0.4, -0.2) is 33.0 Å². The molecule has 9 nitrogen and oxygen atoms in total. The fourth-order valence-electron chi connectivity index (χ4n) is 3.03. The minimum atomic E-state index is -0.475. The zero-order valence-corrected chi connectivity index (χ0v) is 18.9. The second-order valence-electron chi connectivity index (χ2n) is 7.08. The van der Waals surface area contributed by atoms with Gasteiger partial charge in [0.1, 0.15) is 24.0 Å². The quantitative estimate of drug-likeness (QED) is 0.367. The molecule has 4 rings (SSSR count). The van der Waals surface area contributed by atoms with Crippen LogP contribution in [0.3, 0.4) is 0 Å². The van der Waals surface area contributed by atoms with Gasteiger partial charge in [-0.05, 0) is 32.0 Å². The SMILES string of the molecule is COc1cc(C(=O)OCc2csc(-c3cnn(C)c3)n2)ccc1OCc1c(C)noc1C. The van der Waals surface area contributed by atoms with E-state index >= 15 is 0 Å². The van der Waals surface area contributed by atoms with Gasteiger partial charge >= 0.3 is 5.97 Å². The van der Waals surface area contributed by atoms with E-state index in [0.717, 1.165) is 21.8 Å². The summed E-state index contributed by atoms with van der Waals surface area (Å²) < 4.78 is 23.5. The molecule has 0 bridgehead atoms. The Balaban J connectivity index is 1.39. The van der Waals surface area contributed by atoms with Crippen LogP contribution in [0, 0.1) is 13.8 Å². The zero-order chi connectivity index (χ0) is 22.7. The molecule has 4 aromatic rings. The number of aryl methyl sites for hydroxylation is 3. The van der Waals surface area contributed by atoms with Gasteiger partial charge in [-0.2, -0.15) is 5.10 Å². The molecule has 0 unspecified atom stereocenters. The molecule has 0 aliphatic rings. The van der Waals surface area contributed by atoms with Gasteiger partial charge in [-0.15, -0.1) is 11.3 Å². The van der Waals surface area contributed by atoms with Crippen LogP contribution < -0.4 is 9.47 Å². The average molecular weight is 455 g/mol. The van der Waals surface area contributed by atoms with E-state index < -0.39 is 5.97 Å². The van der Waals surface area contributed by atoms with Gasteiger partial charge in [-0.3, -0.25) is 4.68 Å². The minimum absolute atomic E-state index is 0.0716. The molecular weight excluding hydrogens is 432 g/mol. The fourth-order valence-corrected chi connectivity index (χ4v) is 3.81. The van der Waals surface area contributed by atoms with Crippen molar-refractivity contribution in [2.24, 2.45) is 7.05 Å². The third-order valence-corrected chi connectivity index (χ3v) is 5.75. The molecule has 0 saturated heterocycles. The van der Waals surface area contributed by atoms with Gasteiger partial charge in [0.25, 0.3) is 0 Å². The van der Waals surface area contributed by atoms with Crippen molar-refractivity contribution in [2.45, 2.75) is 27.1 Å². The summed E-state index contributed by atoms with van der Waals surface area (Å²) in [5.41, 5.74) is 3.61. The molecule has 0 aliphatic heterocycles. The van der Waals surface area contributed by atoms with Gasteiger partial charge in [-0.1, -0.05) is 5.16 Å². The summed E-state index contributed by atoms with van der Waals surface area (Å²) >= 11 is 1.47. The first-order valence-electron chi connectivity index (χ1n) is 9.77. The lowest BCUT2D eigenvalue weighted by Gasteiger charge is -2.12. The van der Waals surface area contributed by atoms with Crippen molar-refractivity contribution < 1.29 is 23.5 Å². The van der Waals surface area contributed by atoms with E-state index in [9.17, 15) is 4.79 Å². The molecule has 0 atom stereocenters. The molecule has 1 aromatic carbocycles. The summed E-state index contributed by atoms with van der Waals surface area (Å²) in [4.78, 5) is 17.0. The van der Waals surface area contributed by atoms with Crippen molar-refractivity contribution >= 4 is 17.3 Å². The van der Waals surface area contributed by atoms with Crippen LogP contribution in [0.15, 0.2) is 40.5 Å². The predicted octanol–water partition coefficient (Wildman–Crippen LogP) is 4.09. The first-order valence-corrected chi connectivity index (χ1v) is 10.7. The normalized spacial score (nSPS) is 10.9. The van der Waals surface area contributed by atoms with E-state index in [1.54, 1.807) is 29.1 Å². The van der Waals surface area contributed by atoms with Gasteiger partial charge in [0.15, 0.2) is 11.5 Å². The Morgan fingerprint density at radius 3 is 2.75 bits per heavy atom. The number of aromatic nitrogens is 4. The minimum Gasteiger partial charge on any atom is -0.493 e. The van der Waals surface area contributed by atoms with Gasteiger partial charge in [0.2, 0.25) is 0 Å². The number of methoxy groups -OCH3 is 1. The monoisotopic (exact) mass is 454 g/mol. The highest BCUT2D eigenvalue weighted by Gasteiger charge is 2.16. The van der Waals surface area contributed by atoms with Gasteiger partial charge in [0, 0.05) is 24.2 Å². The van der Waals surface area contributed by atoms with E-state index in [-0.39, 0.29) is 13.2 Å². The highest BCUT2D eigenvalue weighted by Crippen LogP contribution is 2.30. The van der Waals surface area contributed by atoms with Crippen LogP contribution in [0.4, 0.5) is 0 Å². The topological polar surface area (TPSA) is 102 Å². The van der Waals surface area contributed by atoms with E-state index in [1.165, 1.54) is 18.4 Å². The van der Waals surface area contributed by atoms with Crippen molar-refractivity contribution in [2.75, 3.05) is 7.11 Å². The molecule has 0 saturated carbocycles. The predicted molar refractivity (Wildman–Crippen MR) is 117 cm³/mol. The number of esters is 1. The molecule has 0 spiro atoms. The molecule has 0 aliphatic carbocycles. The summed E-state index contributed by atoms with van der Waals surface area (Å²) in [5, 5.41) is 10.7. The second-order valence-corrected chi connectivity index (χ2v) is 7.94. The number of hydrogen-bond donors (Lipinski definition) is 0. The Labute approximate surface area is 188 Å². The number of rotatable bonds is 8. The summed E-state index contributed by atoms with van der Waals surface area (Å²) in [5.74, 6) is 1.16. The summed E-state index contributed by atoms with van der Waals surface area (Å²) in [6, 6.07) is 4.90. The van der Waals surface area contributed by atoms with Crippen molar-refractivity contribution in [1.82, 2.24) is 19.9 Å². The standard InChI is InChI=1S/C22H22N4O5S/c1-13-18(14(2)31-25-13)11-29-19-6-5-15(7-20(19)28-4)22(27)30-10-17-12-32-21(24-17)16-8-23-26(3)9-16/h5-9,12H,10-11H2,1-4H3. The Kier molecular flexibility index (Phi) is 6.22. The second kappa shape index (κ2) is 9.23. The van der Waals surface area contributed by atoms with Crippen LogP contribution in [0.2, 0.25) is 0 Å². The number of hydrogen-bond acceptors (Lipinski definition) is 9. The van der Waals surface area contributed by atoms with Crippen LogP contribution in [0.5, 0.6) is 11.5 Å². The largest absolute Gasteiger partial charge is 0.493 e. The maximum absolute atomic E-state index is 12.5. The molecule has 3 aromatic heterocycles. The molecule has 0 N–H and O–H groups in total. The van der Waals surface area contributed by atoms with E-state index in [0.29, 0.717) is 28.5 Å². The molecule has 166 valence electrons. The highest BCUT2D eigenvalue weighted by atomic mass is 32.1. The molecule has 0 fully saturated rings. The fraction of sp³-hybridized carbons (Fsp3) is 0.273. The molecule has 0 amide bonds. The first kappa shape index (κ1) is 21.6. The third-order valence-electron chi connectivity index (χ3n) is 4.81. The Bertz CT molecular complexity index is 1220. The maximum Gasteiger partial charge on any atom is 0.338 e. The summed E-state index contributed by atoms with van der Waals surface area (Å²) in [6.07, 6.45) is 3.63. The number of carbonyl (C=O) groups excluding carboxylic acids is 1. The van der Waals surface area contributed by atoms with Gasteiger partial charge in [0.05, 0.1) is 35.8 Å². The Morgan fingerprint density at radius 1 is 1.22 bits per heavy atom. The van der Waals surface area contributed by atoms with Crippen molar-refractivity contribution in [3.63, 3.8) is 0 Å². The molecule has 3 heterocycles. The van der Waals surface area contributed by atoms with Gasteiger partial charge < -0.3 is 18.7 Å². The lowest BCUT2D eigenvalue weighted by atomic mass is 10.2. The average Bonchev–Trinajstić information content (AvgIpc) is 3.51. The summed E-state index contributed by atoms with van der Waals surface area (Å²) in [6.45, 7) is 4.04. The number of nitrogens with zero attached hydrogens (tertiary/aromatic N) is 4. The number of ether oxygens (including phenoxy) is 3. The first-order chi connectivity index (χ1) is 15.4. The van der Waals surface area contributed by atoms with Crippen molar-refractivity contribution in [3.05, 3.63) is 64.2 Å². The molecular formula is C22H22N4O5S. The lowest BCUT2D eigenvalue weighted by Crippen LogP contribution is -2.06. The van der Waals surface area contributed by atoms with Crippen LogP contribution in [-0.2, 0) is 25.0 Å². The zero-order valence-electron chi connectivity index (χ0n) is 18.1. The number of benzene rings is 1. The van der Waals surface area contributed by atoms with Gasteiger partial charge in [-0.25, -0.2) is 9.78 Å². The number of thiazole rings is 1. The number of carbonyl (C=O) groups is 1. The van der Waals surface area contributed by atoms with Crippen molar-refractivity contribution in [3.8, 4) is 22.1 Å². The van der Waals surface area contributed by atoms with Crippen molar-refractivity contribution in [1.29, 1.82) is 0 Å². The van der Waals surface area contributed by atoms with Crippen LogP contribution >= 0.6 is 11.3 Å². The Hall–Kier alpha value is -3.66. The molecule has 10 heteroatoms. The van der Waals surface area contributed by atoms with Crippen LogP contribution in [0.1, 0.15) is 33.1 Å². The lowest BCUT2D eigenvalue weighted by molar-refractivity contribution is 0.0468. The highest BCUT2D eigenvalue weighted by molar-refractivity contribution is 7.13. The smallest absolute Gasteiger partial charge is 0.338 e. The van der Waals surface area contributed by atoms with E-state index in [2.05, 4.69) is 15.2 Å². The third kappa shape index (κ3) is 4.65. The molecule has 32 heavy (non-hydrogen) atoms. The summed E-state index contributed by atoms with van der Waals surface area (Å²) in [7, 11) is 3.36. The maximum atomic E-state index is 12.5.